The number of hydrogen-bond donors (Lipinski definition) is 3. The Morgan fingerprint density at radius 1 is 1.23 bits per heavy atom. The van der Waals surface area contributed by atoms with Crippen molar-refractivity contribution in [3.8, 4) is 6.07 Å². The summed E-state index contributed by atoms with van der Waals surface area (Å²) in [6, 6.07) is 8.68. The van der Waals surface area contributed by atoms with Crippen molar-refractivity contribution in [3.63, 3.8) is 0 Å². The van der Waals surface area contributed by atoms with Gasteiger partial charge in [0, 0.05) is 36.6 Å². The van der Waals surface area contributed by atoms with Crippen LogP contribution in [-0.4, -0.2) is 45.8 Å². The zero-order valence-corrected chi connectivity index (χ0v) is 17.8. The molecule has 31 heavy (non-hydrogen) atoms. The molecule has 0 bridgehead atoms. The van der Waals surface area contributed by atoms with Gasteiger partial charge in [0.25, 0.3) is 0 Å². The summed E-state index contributed by atoms with van der Waals surface area (Å²) in [5.41, 5.74) is 1.04. The number of anilines is 2. The van der Waals surface area contributed by atoms with E-state index in [1.165, 1.54) is 30.5 Å². The summed E-state index contributed by atoms with van der Waals surface area (Å²) in [6.45, 7) is 0.665. The minimum Gasteiger partial charge on any atom is -0.409 e. The molecule has 0 unspecified atom stereocenters. The number of amides is 2. The van der Waals surface area contributed by atoms with Crippen LogP contribution in [0.2, 0.25) is 0 Å². The number of nitrogens with one attached hydrogen (secondary N) is 2. The zero-order valence-electron chi connectivity index (χ0n) is 16.2. The van der Waals surface area contributed by atoms with Gasteiger partial charge in [0.05, 0.1) is 4.47 Å². The summed E-state index contributed by atoms with van der Waals surface area (Å²) < 4.78 is 13.6. The number of nitrogens with zero attached hydrogens (tertiary/aromatic N) is 4. The van der Waals surface area contributed by atoms with Crippen LogP contribution in [0.15, 0.2) is 46.2 Å². The molecule has 3 N–H and O–H groups in total. The third-order valence-corrected chi connectivity index (χ3v) is 5.40. The Morgan fingerprint density at radius 2 is 1.94 bits per heavy atom. The lowest BCUT2D eigenvalue weighted by molar-refractivity contribution is -0.117. The van der Waals surface area contributed by atoms with E-state index in [0.29, 0.717) is 37.3 Å². The summed E-state index contributed by atoms with van der Waals surface area (Å²) in [5.74, 6) is -1.53. The highest BCUT2D eigenvalue weighted by atomic mass is 79.9. The molecule has 2 aromatic rings. The number of halogens is 2. The maximum absolute atomic E-state index is 13.4. The fourth-order valence-corrected chi connectivity index (χ4v) is 3.54. The average molecular weight is 489 g/mol. The van der Waals surface area contributed by atoms with Crippen molar-refractivity contribution in [2.24, 2.45) is 11.1 Å². The molecule has 1 aliphatic rings. The monoisotopic (exact) mass is 488 g/mol. The number of likely N-dealkylation sites (tertiary alicyclic amines) is 1. The number of benzene rings is 1. The number of aromatic nitrogens is 1. The Bertz CT molecular complexity index is 1060. The van der Waals surface area contributed by atoms with Crippen molar-refractivity contribution in [1.29, 1.82) is 5.26 Å². The van der Waals surface area contributed by atoms with Crippen LogP contribution in [0, 0.1) is 23.1 Å². The number of amidine groups is 1. The molecule has 3 rings (SSSR count). The summed E-state index contributed by atoms with van der Waals surface area (Å²) in [4.78, 5) is 30.6. The molecule has 1 aromatic heterocycles. The summed E-state index contributed by atoms with van der Waals surface area (Å²) in [6.07, 6.45) is 2.21. The first-order valence-corrected chi connectivity index (χ1v) is 10.1. The molecule has 0 radical (unpaired) electrons. The predicted octanol–water partition coefficient (Wildman–Crippen LogP) is 3.57. The summed E-state index contributed by atoms with van der Waals surface area (Å²) in [7, 11) is 0. The van der Waals surface area contributed by atoms with Gasteiger partial charge in [0.15, 0.2) is 0 Å². The first kappa shape index (κ1) is 22.2. The van der Waals surface area contributed by atoms with Gasteiger partial charge in [-0.05, 0) is 59.1 Å². The molecular formula is C20H18BrFN6O3. The average Bonchev–Trinajstić information content (AvgIpc) is 2.79. The Balaban J connectivity index is 1.56. The quantitative estimate of drug-likeness (QED) is 0.261. The van der Waals surface area contributed by atoms with Crippen LogP contribution in [0.25, 0.3) is 0 Å². The first-order chi connectivity index (χ1) is 14.9. The van der Waals surface area contributed by atoms with Gasteiger partial charge >= 0.3 is 6.03 Å². The van der Waals surface area contributed by atoms with Crippen molar-refractivity contribution in [2.75, 3.05) is 23.7 Å². The predicted molar refractivity (Wildman–Crippen MR) is 114 cm³/mol. The molecule has 0 saturated carbocycles. The molecule has 1 aromatic carbocycles. The van der Waals surface area contributed by atoms with Gasteiger partial charge in [-0.1, -0.05) is 5.16 Å². The van der Waals surface area contributed by atoms with Crippen LogP contribution >= 0.6 is 15.9 Å². The molecule has 2 amide bonds. The van der Waals surface area contributed by atoms with E-state index in [2.05, 4.69) is 36.7 Å². The van der Waals surface area contributed by atoms with Crippen LogP contribution in [0.5, 0.6) is 0 Å². The minimum absolute atomic E-state index is 0.193. The Morgan fingerprint density at radius 3 is 2.58 bits per heavy atom. The van der Waals surface area contributed by atoms with Gasteiger partial charge in [0.2, 0.25) is 11.6 Å². The molecule has 2 heterocycles. The molecule has 0 atom stereocenters. The summed E-state index contributed by atoms with van der Waals surface area (Å²) >= 11 is 3.06. The standard InChI is InChI=1S/C20H18BrFN6O3/c21-16-10-13(1-2-17(16)22)25-19(27-31)18(29)12-4-7-28(8-5-12)20(30)26-14-3-6-24-15(9-14)11-23/h1-3,6,9-10,12,31H,4-5,7-8H2,(H,25,27)(H,24,26,30). The Kier molecular flexibility index (Phi) is 7.15. The smallest absolute Gasteiger partial charge is 0.321 e. The molecule has 0 aliphatic carbocycles. The van der Waals surface area contributed by atoms with Crippen molar-refractivity contribution in [2.45, 2.75) is 12.8 Å². The highest BCUT2D eigenvalue weighted by molar-refractivity contribution is 9.10. The second kappa shape index (κ2) is 9.99. The number of ketones is 1. The van der Waals surface area contributed by atoms with Crippen molar-refractivity contribution in [3.05, 3.63) is 52.5 Å². The van der Waals surface area contributed by atoms with E-state index in [4.69, 9.17) is 5.26 Å². The van der Waals surface area contributed by atoms with E-state index in [-0.39, 0.29) is 22.0 Å². The number of carbonyl (C=O) groups is 2. The largest absolute Gasteiger partial charge is 0.409 e. The van der Waals surface area contributed by atoms with Crippen LogP contribution in [-0.2, 0) is 4.79 Å². The first-order valence-electron chi connectivity index (χ1n) is 9.31. The minimum atomic E-state index is -0.458. The summed E-state index contributed by atoms with van der Waals surface area (Å²) in [5, 5.41) is 26.6. The number of rotatable bonds is 4. The highest BCUT2D eigenvalue weighted by Crippen LogP contribution is 2.23. The van der Waals surface area contributed by atoms with Crippen LogP contribution in [0.3, 0.4) is 0 Å². The molecule has 9 nitrogen and oxygen atoms in total. The van der Waals surface area contributed by atoms with E-state index in [0.717, 1.165) is 0 Å². The van der Waals surface area contributed by atoms with Gasteiger partial charge in [-0.3, -0.25) is 4.79 Å². The van der Waals surface area contributed by atoms with Crippen molar-refractivity contribution >= 4 is 45.0 Å². The lowest BCUT2D eigenvalue weighted by atomic mass is 9.92. The van der Waals surface area contributed by atoms with Gasteiger partial charge in [0.1, 0.15) is 17.6 Å². The van der Waals surface area contributed by atoms with Crippen LogP contribution in [0.4, 0.5) is 20.6 Å². The number of carbonyl (C=O) groups excluding carboxylic acids is 2. The van der Waals surface area contributed by atoms with Gasteiger partial charge in [-0.25, -0.2) is 14.2 Å². The number of nitriles is 1. The SMILES string of the molecule is N#Cc1cc(NC(=O)N2CCC(C(=O)/C(=N/O)Nc3ccc(F)c(Br)c3)CC2)ccn1. The van der Waals surface area contributed by atoms with E-state index >= 15 is 0 Å². The Hall–Kier alpha value is -3.52. The molecule has 1 saturated heterocycles. The molecule has 1 aliphatic heterocycles. The zero-order chi connectivity index (χ0) is 22.4. The van der Waals surface area contributed by atoms with E-state index < -0.39 is 17.5 Å². The maximum Gasteiger partial charge on any atom is 0.321 e. The van der Waals surface area contributed by atoms with Crippen molar-refractivity contribution in [1.82, 2.24) is 9.88 Å². The number of piperidine rings is 1. The van der Waals surface area contributed by atoms with Gasteiger partial charge < -0.3 is 20.7 Å². The van der Waals surface area contributed by atoms with E-state index in [9.17, 15) is 19.2 Å². The topological polar surface area (TPSA) is 131 Å². The molecule has 0 spiro atoms. The number of pyridine rings is 1. The van der Waals surface area contributed by atoms with Gasteiger partial charge in [-0.15, -0.1) is 0 Å². The number of Topliss-reactive ketones (excluding diaryl/α,β-unsaturated/α-hetero) is 1. The number of urea groups is 1. The highest BCUT2D eigenvalue weighted by Gasteiger charge is 2.30. The van der Waals surface area contributed by atoms with Crippen molar-refractivity contribution < 1.29 is 19.2 Å². The number of oxime groups is 1. The normalized spacial score (nSPS) is 14.6. The third kappa shape index (κ3) is 5.55. The number of hydrogen-bond acceptors (Lipinski definition) is 6. The van der Waals surface area contributed by atoms with E-state index in [1.807, 2.05) is 6.07 Å². The molecule has 11 heteroatoms. The van der Waals surface area contributed by atoms with Crippen LogP contribution < -0.4 is 10.6 Å². The van der Waals surface area contributed by atoms with Crippen LogP contribution in [0.1, 0.15) is 18.5 Å². The second-order valence-electron chi connectivity index (χ2n) is 6.80. The van der Waals surface area contributed by atoms with E-state index in [1.54, 1.807) is 11.0 Å². The fourth-order valence-electron chi connectivity index (χ4n) is 3.16. The fraction of sp³-hybridized carbons (Fsp3) is 0.250. The third-order valence-electron chi connectivity index (χ3n) is 4.79. The molecule has 160 valence electrons. The lowest BCUT2D eigenvalue weighted by Crippen LogP contribution is -2.44. The molecule has 1 fully saturated rings. The van der Waals surface area contributed by atoms with Gasteiger partial charge in [-0.2, -0.15) is 5.26 Å². The molecular weight excluding hydrogens is 471 g/mol. The lowest BCUT2D eigenvalue weighted by Gasteiger charge is -2.31. The second-order valence-corrected chi connectivity index (χ2v) is 7.65. The maximum atomic E-state index is 13.4. The Labute approximate surface area is 185 Å².